The molecule has 0 N–H and O–H groups in total. The first-order chi connectivity index (χ1) is 7.80. The summed E-state index contributed by atoms with van der Waals surface area (Å²) in [6, 6.07) is 15.6. The van der Waals surface area contributed by atoms with Crippen LogP contribution in [0.1, 0.15) is 12.8 Å². The topological polar surface area (TPSA) is 0 Å². The van der Waals surface area contributed by atoms with Crippen LogP contribution in [0.5, 0.6) is 0 Å². The Balaban J connectivity index is 2.23. The highest BCUT2D eigenvalue weighted by Gasteiger charge is 2.28. The zero-order valence-electron chi connectivity index (χ0n) is 9.16. The van der Waals surface area contributed by atoms with Gasteiger partial charge in [-0.25, -0.2) is 0 Å². The first kappa shape index (κ1) is 10.9. The summed E-state index contributed by atoms with van der Waals surface area (Å²) < 4.78 is 0. The van der Waals surface area contributed by atoms with Crippen molar-refractivity contribution >= 4 is 39.2 Å². The van der Waals surface area contributed by atoms with E-state index in [0.29, 0.717) is 0 Å². The highest BCUT2D eigenvalue weighted by molar-refractivity contribution is 14.2. The van der Waals surface area contributed by atoms with Crippen LogP contribution in [0.4, 0.5) is 0 Å². The predicted molar refractivity (Wildman–Crippen MR) is 82.8 cm³/mol. The van der Waals surface area contributed by atoms with Crippen LogP contribution in [0.25, 0.3) is 10.8 Å². The minimum absolute atomic E-state index is 0.539. The second-order valence-electron chi connectivity index (χ2n) is 4.38. The summed E-state index contributed by atoms with van der Waals surface area (Å²) in [6.45, 7) is 0. The number of hydrogen-bond donors (Lipinski definition) is 0. The Morgan fingerprint density at radius 3 is 2.38 bits per heavy atom. The molecule has 0 amide bonds. The van der Waals surface area contributed by atoms with Gasteiger partial charge in [0.25, 0.3) is 0 Å². The number of benzene rings is 2. The van der Waals surface area contributed by atoms with Crippen molar-refractivity contribution in [1.82, 2.24) is 0 Å². The van der Waals surface area contributed by atoms with Gasteiger partial charge in [0.2, 0.25) is 0 Å². The van der Waals surface area contributed by atoms with Crippen LogP contribution in [0.3, 0.4) is 0 Å². The fourth-order valence-corrected chi connectivity index (χ4v) is 8.39. The summed E-state index contributed by atoms with van der Waals surface area (Å²) in [7, 11) is -0.539. The molecule has 0 aromatic heterocycles. The van der Waals surface area contributed by atoms with Crippen LogP contribution in [-0.4, -0.2) is 11.5 Å². The maximum absolute atomic E-state index is 2.76. The first-order valence-corrected chi connectivity index (χ1v) is 10.3. The van der Waals surface area contributed by atoms with Crippen molar-refractivity contribution in [3.8, 4) is 0 Å². The molecule has 0 radical (unpaired) electrons. The van der Waals surface area contributed by atoms with Crippen LogP contribution < -0.4 is 0 Å². The Morgan fingerprint density at radius 1 is 0.875 bits per heavy atom. The van der Waals surface area contributed by atoms with Crippen LogP contribution in [0.2, 0.25) is 0 Å². The van der Waals surface area contributed by atoms with Crippen LogP contribution in [0.15, 0.2) is 47.4 Å². The molecule has 0 aliphatic carbocycles. The third kappa shape index (κ3) is 1.76. The molecule has 2 heteroatoms. The van der Waals surface area contributed by atoms with Gasteiger partial charge < -0.3 is 0 Å². The van der Waals surface area contributed by atoms with Gasteiger partial charge in [-0.3, -0.25) is 0 Å². The van der Waals surface area contributed by atoms with Gasteiger partial charge in [0.15, 0.2) is 0 Å². The lowest BCUT2D eigenvalue weighted by molar-refractivity contribution is 0.949. The van der Waals surface area contributed by atoms with Crippen molar-refractivity contribution in [3.05, 3.63) is 42.5 Å². The molecule has 1 saturated heterocycles. The second-order valence-corrected chi connectivity index (χ2v) is 12.3. The van der Waals surface area contributed by atoms with Crippen molar-refractivity contribution < 1.29 is 0 Å². The van der Waals surface area contributed by atoms with Gasteiger partial charge in [0.1, 0.15) is 0 Å². The van der Waals surface area contributed by atoms with Gasteiger partial charge in [-0.1, -0.05) is 36.4 Å². The van der Waals surface area contributed by atoms with Crippen molar-refractivity contribution in [2.45, 2.75) is 17.7 Å². The monoisotopic (exact) mass is 342 g/mol. The standard InChI is InChI=1S/C14H15IS/c15-16(10-3-4-11-16)14-9-5-7-12-6-1-2-8-13(12)14/h1-2,5-9H,3-4,10-11H2. The third-order valence-electron chi connectivity index (χ3n) is 3.33. The van der Waals surface area contributed by atoms with Gasteiger partial charge in [0.05, 0.1) is 0 Å². The molecule has 1 fully saturated rings. The van der Waals surface area contributed by atoms with Crippen molar-refractivity contribution in [3.63, 3.8) is 0 Å². The van der Waals surface area contributed by atoms with Gasteiger partial charge >= 0.3 is 0 Å². The number of hydrogen-bond acceptors (Lipinski definition) is 0. The quantitative estimate of drug-likeness (QED) is 0.629. The lowest BCUT2D eigenvalue weighted by atomic mass is 10.1. The molecule has 2 aromatic rings. The van der Waals surface area contributed by atoms with Gasteiger partial charge in [-0.2, -0.15) is 7.20 Å². The van der Waals surface area contributed by atoms with Crippen LogP contribution in [0, 0.1) is 0 Å². The highest BCUT2D eigenvalue weighted by Crippen LogP contribution is 2.68. The van der Waals surface area contributed by atoms with E-state index in [1.54, 1.807) is 4.90 Å². The summed E-state index contributed by atoms with van der Waals surface area (Å²) in [5.74, 6) is 2.84. The summed E-state index contributed by atoms with van der Waals surface area (Å²) in [5.41, 5.74) is 0. The van der Waals surface area contributed by atoms with Crippen molar-refractivity contribution in [2.75, 3.05) is 11.5 Å². The molecule has 84 valence electrons. The minimum Gasteiger partial charge on any atom is -0.160 e. The van der Waals surface area contributed by atoms with E-state index in [1.165, 1.54) is 35.1 Å². The number of fused-ring (bicyclic) bond motifs is 1. The molecule has 2 aromatic carbocycles. The molecule has 0 atom stereocenters. The first-order valence-electron chi connectivity index (χ1n) is 5.76. The molecule has 16 heavy (non-hydrogen) atoms. The highest BCUT2D eigenvalue weighted by atomic mass is 127. The van der Waals surface area contributed by atoms with Crippen LogP contribution in [-0.2, 0) is 0 Å². The molecule has 1 aliphatic heterocycles. The fourth-order valence-electron chi connectivity index (χ4n) is 2.50. The number of halogens is 1. The van der Waals surface area contributed by atoms with Gasteiger partial charge in [-0.05, 0) is 62.4 Å². The van der Waals surface area contributed by atoms with E-state index >= 15 is 0 Å². The molecular formula is C14H15IS. The maximum atomic E-state index is 2.76. The Kier molecular flexibility index (Phi) is 2.88. The van der Waals surface area contributed by atoms with Gasteiger partial charge in [0, 0.05) is 4.90 Å². The maximum Gasteiger partial charge on any atom is 0.00648 e. The molecule has 0 nitrogen and oxygen atoms in total. The van der Waals surface area contributed by atoms with E-state index in [1.807, 2.05) is 0 Å². The predicted octanol–water partition coefficient (Wildman–Crippen LogP) is 5.15. The van der Waals surface area contributed by atoms with E-state index in [2.05, 4.69) is 63.7 Å². The summed E-state index contributed by atoms with van der Waals surface area (Å²) in [5, 5.41) is 2.88. The molecule has 0 bridgehead atoms. The normalized spacial score (nSPS) is 21.1. The number of rotatable bonds is 1. The third-order valence-corrected chi connectivity index (χ3v) is 10.4. The lowest BCUT2D eigenvalue weighted by Gasteiger charge is -2.29. The molecular weight excluding hydrogens is 327 g/mol. The van der Waals surface area contributed by atoms with E-state index in [0.717, 1.165) is 0 Å². The van der Waals surface area contributed by atoms with Crippen molar-refractivity contribution in [2.24, 2.45) is 0 Å². The van der Waals surface area contributed by atoms with Crippen LogP contribution >= 0.6 is 28.4 Å². The zero-order chi connectivity index (χ0) is 11.0. The summed E-state index contributed by atoms with van der Waals surface area (Å²) in [6.07, 6.45) is 2.84. The smallest absolute Gasteiger partial charge is 0.00648 e. The molecule has 1 aliphatic rings. The van der Waals surface area contributed by atoms with Gasteiger partial charge in [-0.15, -0.1) is 0 Å². The second kappa shape index (κ2) is 4.22. The Hall–Kier alpha value is -0.220. The Morgan fingerprint density at radius 2 is 1.56 bits per heavy atom. The van der Waals surface area contributed by atoms with E-state index < -0.39 is 7.20 Å². The largest absolute Gasteiger partial charge is 0.160 e. The average molecular weight is 342 g/mol. The van der Waals surface area contributed by atoms with E-state index in [9.17, 15) is 0 Å². The molecule has 1 heterocycles. The Bertz CT molecular complexity index is 510. The molecule has 3 rings (SSSR count). The molecule has 0 unspecified atom stereocenters. The summed E-state index contributed by atoms with van der Waals surface area (Å²) >= 11 is 2.76. The SMILES string of the molecule is IS1(c2cccc3ccccc23)CCCC1. The fraction of sp³-hybridized carbons (Fsp3) is 0.286. The van der Waals surface area contributed by atoms with E-state index in [-0.39, 0.29) is 0 Å². The zero-order valence-corrected chi connectivity index (χ0v) is 12.1. The minimum atomic E-state index is -0.539. The van der Waals surface area contributed by atoms with E-state index in [4.69, 9.17) is 0 Å². The lowest BCUT2D eigenvalue weighted by Crippen LogP contribution is -1.94. The Labute approximate surface area is 110 Å². The average Bonchev–Trinajstić information content (AvgIpc) is 2.77. The molecule has 0 spiro atoms. The summed E-state index contributed by atoms with van der Waals surface area (Å²) in [4.78, 5) is 1.63. The van der Waals surface area contributed by atoms with Crippen molar-refractivity contribution in [1.29, 1.82) is 0 Å². The molecule has 0 saturated carbocycles.